The second kappa shape index (κ2) is 5.70. The third kappa shape index (κ3) is 4.84. The maximum absolute atomic E-state index is 10.7. The lowest BCUT2D eigenvalue weighted by molar-refractivity contribution is -0.175. The number of primary amides is 1. The average molecular weight is 194 g/mol. The molecule has 1 unspecified atom stereocenters. The predicted molar refractivity (Wildman–Crippen MR) is 44.3 cm³/mol. The summed E-state index contributed by atoms with van der Waals surface area (Å²) in [7, 11) is 2.35. The van der Waals surface area contributed by atoms with Gasteiger partial charge in [0, 0.05) is 6.29 Å². The van der Waals surface area contributed by atoms with Crippen molar-refractivity contribution in [1.82, 2.24) is 10.5 Å². The number of nitrogens with two attached hydrogens (primary N) is 2. The topological polar surface area (TPSA) is 111 Å². The minimum Gasteiger partial charge on any atom is -0.348 e. The molecule has 12 heavy (non-hydrogen) atoms. The van der Waals surface area contributed by atoms with Crippen LogP contribution in [0.3, 0.4) is 0 Å². The normalized spacial score (nSPS) is 9.17. The van der Waals surface area contributed by atoms with Crippen molar-refractivity contribution in [3.63, 3.8) is 0 Å². The van der Waals surface area contributed by atoms with Gasteiger partial charge in [0.1, 0.15) is 0 Å². The zero-order valence-corrected chi connectivity index (χ0v) is 7.47. The van der Waals surface area contributed by atoms with Crippen LogP contribution < -0.4 is 16.9 Å². The van der Waals surface area contributed by atoms with E-state index in [4.69, 9.17) is 5.84 Å². The van der Waals surface area contributed by atoms with Crippen molar-refractivity contribution >= 4 is 21.2 Å². The number of hydroxylamine groups is 1. The molecule has 0 aliphatic carbocycles. The molecule has 0 aliphatic rings. The third-order valence-corrected chi connectivity index (χ3v) is 1.12. The number of amides is 2. The minimum absolute atomic E-state index is 0.0372. The van der Waals surface area contributed by atoms with Crippen LogP contribution in [0.2, 0.25) is 0 Å². The summed E-state index contributed by atoms with van der Waals surface area (Å²) in [4.78, 5) is 25.2. The number of hydrogen-bond donors (Lipinski definition) is 3. The van der Waals surface area contributed by atoms with Gasteiger partial charge in [0.05, 0.1) is 6.54 Å². The highest BCUT2D eigenvalue weighted by Crippen LogP contribution is 1.82. The largest absolute Gasteiger partial charge is 0.363 e. The van der Waals surface area contributed by atoms with Crippen molar-refractivity contribution in [2.24, 2.45) is 11.6 Å². The van der Waals surface area contributed by atoms with Crippen LogP contribution >= 0.6 is 9.24 Å². The molecule has 0 aromatic carbocycles. The van der Waals surface area contributed by atoms with Gasteiger partial charge < -0.3 is 15.9 Å². The Kier molecular flexibility index (Phi) is 5.27. The summed E-state index contributed by atoms with van der Waals surface area (Å²) in [6.07, 6.45) is 0.538. The highest BCUT2D eigenvalue weighted by Gasteiger charge is 2.10. The fourth-order valence-electron chi connectivity index (χ4n) is 0.361. The fourth-order valence-corrected chi connectivity index (χ4v) is 0.506. The molecule has 0 spiro atoms. The summed E-state index contributed by atoms with van der Waals surface area (Å²) < 4.78 is 0. The molecule has 0 aliphatic heterocycles. The van der Waals surface area contributed by atoms with E-state index in [0.717, 1.165) is 0 Å². The van der Waals surface area contributed by atoms with Crippen molar-refractivity contribution in [1.29, 1.82) is 0 Å². The molecule has 0 saturated heterocycles. The number of nitrogens with one attached hydrogen (secondary N) is 1. The van der Waals surface area contributed by atoms with E-state index in [-0.39, 0.29) is 11.7 Å². The maximum Gasteiger partial charge on any atom is 0.363 e. The van der Waals surface area contributed by atoms with Crippen LogP contribution in [0.25, 0.3) is 0 Å². The quantitative estimate of drug-likeness (QED) is 0.211. The molecule has 0 saturated carbocycles. The molecule has 0 radical (unpaired) electrons. The Morgan fingerprint density at radius 1 is 1.58 bits per heavy atom. The molecule has 1 atom stereocenters. The van der Waals surface area contributed by atoms with Crippen LogP contribution in [-0.2, 0) is 9.63 Å². The Balaban J connectivity index is 3.61. The van der Waals surface area contributed by atoms with E-state index in [1.165, 1.54) is 0 Å². The van der Waals surface area contributed by atoms with Crippen molar-refractivity contribution in [3.05, 3.63) is 0 Å². The molecule has 0 heterocycles. The lowest BCUT2D eigenvalue weighted by atomic mass is 10.7. The summed E-state index contributed by atoms with van der Waals surface area (Å²) in [5, 5.41) is 2.82. The molecule has 0 fully saturated rings. The summed E-state index contributed by atoms with van der Waals surface area (Å²) in [5.41, 5.74) is 4.67. The van der Waals surface area contributed by atoms with E-state index in [2.05, 4.69) is 25.1 Å². The first-order valence-corrected chi connectivity index (χ1v) is 3.85. The molecule has 0 aromatic heterocycles. The van der Waals surface area contributed by atoms with Gasteiger partial charge in [-0.15, -0.1) is 9.24 Å². The van der Waals surface area contributed by atoms with Gasteiger partial charge >= 0.3 is 12.0 Å². The zero-order valence-electron chi connectivity index (χ0n) is 6.32. The van der Waals surface area contributed by atoms with Crippen molar-refractivity contribution in [2.75, 3.05) is 12.8 Å². The molecule has 2 amide bonds. The summed E-state index contributed by atoms with van der Waals surface area (Å²) in [6.45, 7) is -0.0372. The van der Waals surface area contributed by atoms with Gasteiger partial charge in [0.25, 0.3) is 0 Å². The van der Waals surface area contributed by atoms with Gasteiger partial charge in [-0.1, -0.05) is 5.17 Å². The number of hydrogen-bond acceptors (Lipinski definition) is 5. The van der Waals surface area contributed by atoms with Crippen molar-refractivity contribution in [2.45, 2.75) is 0 Å². The molecule has 7 nitrogen and oxygen atoms in total. The summed E-state index contributed by atoms with van der Waals surface area (Å²) in [5.74, 6) is 4.19. The van der Waals surface area contributed by atoms with Gasteiger partial charge in [0.2, 0.25) is 0 Å². The second-order valence-electron chi connectivity index (χ2n) is 1.76. The van der Waals surface area contributed by atoms with Crippen LogP contribution in [0.1, 0.15) is 0 Å². The van der Waals surface area contributed by atoms with Gasteiger partial charge in [-0.05, 0) is 0 Å². The van der Waals surface area contributed by atoms with Crippen LogP contribution in [0.4, 0.5) is 4.79 Å². The maximum atomic E-state index is 10.7. The molecule has 0 rings (SSSR count). The SMILES string of the molecule is NC(=O)N(N)OC(=O)CNCP. The van der Waals surface area contributed by atoms with Gasteiger partial charge in [0.15, 0.2) is 0 Å². The smallest absolute Gasteiger partial charge is 0.348 e. The highest BCUT2D eigenvalue weighted by molar-refractivity contribution is 7.16. The van der Waals surface area contributed by atoms with Crippen molar-refractivity contribution < 1.29 is 14.4 Å². The van der Waals surface area contributed by atoms with Crippen LogP contribution in [0.5, 0.6) is 0 Å². The molecule has 0 aromatic rings. The number of carbonyl (C=O) groups is 2. The molecular weight excluding hydrogens is 183 g/mol. The first-order chi connectivity index (χ1) is 5.57. The van der Waals surface area contributed by atoms with Crippen LogP contribution in [0, 0.1) is 0 Å². The van der Waals surface area contributed by atoms with E-state index in [1.807, 2.05) is 0 Å². The summed E-state index contributed by atoms with van der Waals surface area (Å²) >= 11 is 0. The number of urea groups is 1. The highest BCUT2D eigenvalue weighted by atomic mass is 31.0. The van der Waals surface area contributed by atoms with Crippen LogP contribution in [0.15, 0.2) is 0 Å². The lowest BCUT2D eigenvalue weighted by Crippen LogP contribution is -2.44. The van der Waals surface area contributed by atoms with Crippen molar-refractivity contribution in [3.8, 4) is 0 Å². The Morgan fingerprint density at radius 3 is 2.58 bits per heavy atom. The predicted octanol–water partition coefficient (Wildman–Crippen LogP) is -1.88. The molecular formula is C4H11N4O3P. The number of carbonyl (C=O) groups excluding carboxylic acids is 2. The molecule has 70 valence electrons. The lowest BCUT2D eigenvalue weighted by Gasteiger charge is -2.11. The standard InChI is InChI=1S/C4H11N4O3P/c5-4(10)8(6)11-3(9)1-7-2-12/h7H,1-2,6,12H2,(H2,5,10). The van der Waals surface area contributed by atoms with Gasteiger partial charge in [-0.3, -0.25) is 0 Å². The first kappa shape index (κ1) is 11.1. The molecule has 5 N–H and O–H groups in total. The number of nitrogens with zero attached hydrogens (tertiary/aromatic N) is 1. The number of rotatable bonds is 3. The number of hydrazine groups is 1. The van der Waals surface area contributed by atoms with E-state index in [9.17, 15) is 9.59 Å². The van der Waals surface area contributed by atoms with Gasteiger partial charge in [-0.25, -0.2) is 15.4 Å². The Hall–Kier alpha value is -0.910. The Morgan fingerprint density at radius 2 is 2.17 bits per heavy atom. The molecule has 0 bridgehead atoms. The van der Waals surface area contributed by atoms with Gasteiger partial charge in [-0.2, -0.15) is 0 Å². The van der Waals surface area contributed by atoms with E-state index >= 15 is 0 Å². The first-order valence-electron chi connectivity index (χ1n) is 3.03. The second-order valence-corrected chi connectivity index (χ2v) is 2.17. The fraction of sp³-hybridized carbons (Fsp3) is 0.500. The van der Waals surface area contributed by atoms with E-state index < -0.39 is 12.0 Å². The van der Waals surface area contributed by atoms with E-state index in [1.54, 1.807) is 0 Å². The third-order valence-electron chi connectivity index (χ3n) is 0.831. The Bertz CT molecular complexity index is 176. The monoisotopic (exact) mass is 194 g/mol. The molecule has 8 heteroatoms. The van der Waals surface area contributed by atoms with Crippen LogP contribution in [-0.4, -0.2) is 30.0 Å². The summed E-state index contributed by atoms with van der Waals surface area (Å²) in [6, 6.07) is -1.03. The zero-order chi connectivity index (χ0) is 9.56. The Labute approximate surface area is 71.5 Å². The average Bonchev–Trinajstić information content (AvgIpc) is 2.00. The van der Waals surface area contributed by atoms with E-state index in [0.29, 0.717) is 6.29 Å². The minimum atomic E-state index is -1.03.